The quantitative estimate of drug-likeness (QED) is 0.798. The number of halogens is 1. The second-order valence-corrected chi connectivity index (χ2v) is 4.98. The van der Waals surface area contributed by atoms with E-state index in [0.717, 1.165) is 0 Å². The van der Waals surface area contributed by atoms with E-state index in [9.17, 15) is 9.00 Å². The number of anilines is 1. The zero-order valence-corrected chi connectivity index (χ0v) is 10.4. The maximum Gasteiger partial charge on any atom is 0.232 e. The van der Waals surface area contributed by atoms with Gasteiger partial charge in [0, 0.05) is 17.3 Å². The summed E-state index contributed by atoms with van der Waals surface area (Å²) in [5.41, 5.74) is 6.04. The first kappa shape index (κ1) is 13.0. The lowest BCUT2D eigenvalue weighted by Crippen LogP contribution is -2.28. The number of rotatable bonds is 4. The highest BCUT2D eigenvalue weighted by molar-refractivity contribution is 7.86. The van der Waals surface area contributed by atoms with Crippen molar-refractivity contribution in [3.8, 4) is 0 Å². The van der Waals surface area contributed by atoms with Crippen molar-refractivity contribution in [2.75, 3.05) is 18.0 Å². The first-order valence-corrected chi connectivity index (χ1v) is 6.44. The Balaban J connectivity index is 2.80. The molecule has 1 rings (SSSR count). The Kier molecular flexibility index (Phi) is 4.76. The number of benzene rings is 1. The fourth-order valence-electron chi connectivity index (χ4n) is 1.15. The number of hydrogen-bond donors (Lipinski definition) is 2. The standard InChI is InChI=1S/C10H13ClN2O2S/c1-2-13-10(14)6-16(15)9-5-7(11)3-4-8(9)12/h3-5H,2,6,12H2,1H3,(H,13,14). The van der Waals surface area contributed by atoms with Gasteiger partial charge in [-0.25, -0.2) is 0 Å². The third-order valence-electron chi connectivity index (χ3n) is 1.86. The van der Waals surface area contributed by atoms with Crippen LogP contribution < -0.4 is 11.1 Å². The van der Waals surface area contributed by atoms with Crippen molar-refractivity contribution in [3.05, 3.63) is 23.2 Å². The SMILES string of the molecule is CCNC(=O)CS(=O)c1cc(Cl)ccc1N. The Hall–Kier alpha value is -1.07. The van der Waals surface area contributed by atoms with E-state index in [1.54, 1.807) is 19.1 Å². The minimum atomic E-state index is -1.46. The van der Waals surface area contributed by atoms with Gasteiger partial charge in [-0.05, 0) is 25.1 Å². The van der Waals surface area contributed by atoms with Gasteiger partial charge in [-0.15, -0.1) is 0 Å². The van der Waals surface area contributed by atoms with Crippen LogP contribution in [-0.2, 0) is 15.6 Å². The molecule has 0 saturated carbocycles. The molecule has 0 saturated heterocycles. The number of hydrogen-bond acceptors (Lipinski definition) is 3. The van der Waals surface area contributed by atoms with Gasteiger partial charge in [0.15, 0.2) is 0 Å². The Bertz CT molecular complexity index is 423. The lowest BCUT2D eigenvalue weighted by atomic mass is 10.3. The van der Waals surface area contributed by atoms with Crippen LogP contribution in [0.4, 0.5) is 5.69 Å². The van der Waals surface area contributed by atoms with Crippen LogP contribution in [0.5, 0.6) is 0 Å². The van der Waals surface area contributed by atoms with Crippen molar-refractivity contribution >= 4 is 34.0 Å². The van der Waals surface area contributed by atoms with E-state index in [1.807, 2.05) is 0 Å². The molecule has 1 aromatic carbocycles. The van der Waals surface area contributed by atoms with Gasteiger partial charge < -0.3 is 11.1 Å². The van der Waals surface area contributed by atoms with Crippen LogP contribution >= 0.6 is 11.6 Å². The predicted octanol–water partition coefficient (Wildman–Crippen LogP) is 1.17. The second-order valence-electron chi connectivity index (χ2n) is 3.13. The monoisotopic (exact) mass is 260 g/mol. The van der Waals surface area contributed by atoms with E-state index >= 15 is 0 Å². The molecule has 1 amide bonds. The molecule has 0 radical (unpaired) electrons. The smallest absolute Gasteiger partial charge is 0.232 e. The summed E-state index contributed by atoms with van der Waals surface area (Å²) in [6, 6.07) is 4.71. The summed E-state index contributed by atoms with van der Waals surface area (Å²) in [5, 5.41) is 3.03. The number of carbonyl (C=O) groups excluding carboxylic acids is 1. The summed E-state index contributed by atoms with van der Waals surface area (Å²) in [6.45, 7) is 2.32. The van der Waals surface area contributed by atoms with E-state index in [4.69, 9.17) is 17.3 Å². The molecule has 0 aliphatic rings. The zero-order valence-electron chi connectivity index (χ0n) is 8.83. The lowest BCUT2D eigenvalue weighted by molar-refractivity contribution is -0.118. The molecule has 3 N–H and O–H groups in total. The highest BCUT2D eigenvalue weighted by atomic mass is 35.5. The number of nitrogens with two attached hydrogens (primary N) is 1. The van der Waals surface area contributed by atoms with Crippen molar-refractivity contribution in [3.63, 3.8) is 0 Å². The van der Waals surface area contributed by atoms with Gasteiger partial charge >= 0.3 is 0 Å². The number of nitrogens with one attached hydrogen (secondary N) is 1. The van der Waals surface area contributed by atoms with Crippen molar-refractivity contribution < 1.29 is 9.00 Å². The maximum atomic E-state index is 11.8. The molecular formula is C10H13ClN2O2S. The molecule has 16 heavy (non-hydrogen) atoms. The summed E-state index contributed by atoms with van der Waals surface area (Å²) in [6.07, 6.45) is 0. The fraction of sp³-hybridized carbons (Fsp3) is 0.300. The van der Waals surface area contributed by atoms with Crippen LogP contribution in [0, 0.1) is 0 Å². The molecule has 0 aromatic heterocycles. The minimum Gasteiger partial charge on any atom is -0.398 e. The molecular weight excluding hydrogens is 248 g/mol. The van der Waals surface area contributed by atoms with Crippen molar-refractivity contribution in [1.29, 1.82) is 0 Å². The van der Waals surface area contributed by atoms with E-state index in [1.165, 1.54) is 6.07 Å². The molecule has 0 bridgehead atoms. The second kappa shape index (κ2) is 5.86. The van der Waals surface area contributed by atoms with Crippen LogP contribution in [0.1, 0.15) is 6.92 Å². The Morgan fingerprint density at radius 2 is 2.25 bits per heavy atom. The van der Waals surface area contributed by atoms with Gasteiger partial charge in [-0.2, -0.15) is 0 Å². The molecule has 0 aliphatic carbocycles. The zero-order chi connectivity index (χ0) is 12.1. The minimum absolute atomic E-state index is 0.0988. The maximum absolute atomic E-state index is 11.8. The molecule has 6 heteroatoms. The molecule has 0 spiro atoms. The molecule has 1 atom stereocenters. The van der Waals surface area contributed by atoms with Gasteiger partial charge in [0.2, 0.25) is 5.91 Å². The Labute approximate surface area is 102 Å². The van der Waals surface area contributed by atoms with Crippen molar-refractivity contribution in [2.24, 2.45) is 0 Å². The third kappa shape index (κ3) is 3.50. The predicted molar refractivity (Wildman–Crippen MR) is 65.8 cm³/mol. The van der Waals surface area contributed by atoms with E-state index in [2.05, 4.69) is 5.32 Å². The van der Waals surface area contributed by atoms with Crippen molar-refractivity contribution in [2.45, 2.75) is 11.8 Å². The molecule has 1 aromatic rings. The summed E-state index contributed by atoms with van der Waals surface area (Å²) in [7, 11) is -1.46. The van der Waals surface area contributed by atoms with E-state index in [-0.39, 0.29) is 11.7 Å². The molecule has 88 valence electrons. The highest BCUT2D eigenvalue weighted by Crippen LogP contribution is 2.21. The average Bonchev–Trinajstić information content (AvgIpc) is 2.21. The normalized spacial score (nSPS) is 12.1. The largest absolute Gasteiger partial charge is 0.398 e. The van der Waals surface area contributed by atoms with Crippen LogP contribution in [0.3, 0.4) is 0 Å². The van der Waals surface area contributed by atoms with E-state index < -0.39 is 10.8 Å². The van der Waals surface area contributed by atoms with Crippen LogP contribution in [0.2, 0.25) is 5.02 Å². The van der Waals surface area contributed by atoms with Gasteiger partial charge in [-0.1, -0.05) is 11.6 Å². The van der Waals surface area contributed by atoms with Crippen LogP contribution in [0.25, 0.3) is 0 Å². The van der Waals surface area contributed by atoms with Gasteiger partial charge in [0.25, 0.3) is 0 Å². The van der Waals surface area contributed by atoms with Crippen LogP contribution in [-0.4, -0.2) is 22.4 Å². The topological polar surface area (TPSA) is 72.2 Å². The molecule has 1 unspecified atom stereocenters. The Morgan fingerprint density at radius 1 is 1.56 bits per heavy atom. The number of amides is 1. The van der Waals surface area contributed by atoms with Gasteiger partial charge in [-0.3, -0.25) is 9.00 Å². The summed E-state index contributed by atoms with van der Waals surface area (Å²) >= 11 is 5.77. The number of carbonyl (C=O) groups is 1. The fourth-order valence-corrected chi connectivity index (χ4v) is 2.47. The molecule has 0 aliphatic heterocycles. The van der Waals surface area contributed by atoms with Gasteiger partial charge in [0.1, 0.15) is 5.75 Å². The number of nitrogen functional groups attached to an aromatic ring is 1. The highest BCUT2D eigenvalue weighted by Gasteiger charge is 2.12. The van der Waals surface area contributed by atoms with Crippen LogP contribution in [0.15, 0.2) is 23.1 Å². The summed E-state index contributed by atoms with van der Waals surface area (Å²) in [5.74, 6) is -0.363. The third-order valence-corrected chi connectivity index (χ3v) is 3.46. The summed E-state index contributed by atoms with van der Waals surface area (Å²) in [4.78, 5) is 11.6. The lowest BCUT2D eigenvalue weighted by Gasteiger charge is -2.06. The average molecular weight is 261 g/mol. The Morgan fingerprint density at radius 3 is 2.88 bits per heavy atom. The molecule has 0 heterocycles. The van der Waals surface area contributed by atoms with Gasteiger partial charge in [0.05, 0.1) is 15.7 Å². The molecule has 0 fully saturated rings. The first-order chi connectivity index (χ1) is 7.54. The first-order valence-electron chi connectivity index (χ1n) is 4.74. The summed E-state index contributed by atoms with van der Waals surface area (Å²) < 4.78 is 11.8. The molecule has 4 nitrogen and oxygen atoms in total. The van der Waals surface area contributed by atoms with Crippen molar-refractivity contribution in [1.82, 2.24) is 5.32 Å². The van der Waals surface area contributed by atoms with E-state index in [0.29, 0.717) is 22.2 Å².